The van der Waals surface area contributed by atoms with Gasteiger partial charge in [0.25, 0.3) is 0 Å². The average molecular weight is 267 g/mol. The van der Waals surface area contributed by atoms with Crippen molar-refractivity contribution in [3.05, 3.63) is 11.7 Å². The summed E-state index contributed by atoms with van der Waals surface area (Å²) >= 11 is 0. The van der Waals surface area contributed by atoms with E-state index >= 15 is 0 Å². The fraction of sp³-hybridized carbons (Fsp3) is 0.857. The van der Waals surface area contributed by atoms with Gasteiger partial charge in [-0.1, -0.05) is 32.9 Å². The minimum atomic E-state index is 0.168. The van der Waals surface area contributed by atoms with Crippen molar-refractivity contribution >= 4 is 0 Å². The van der Waals surface area contributed by atoms with Crippen molar-refractivity contribution in [3.8, 4) is 0 Å². The zero-order valence-electron chi connectivity index (χ0n) is 12.4. The molecule has 1 aromatic heterocycles. The van der Waals surface area contributed by atoms with Gasteiger partial charge in [0, 0.05) is 25.0 Å². The lowest BCUT2D eigenvalue weighted by atomic mass is 9.84. The summed E-state index contributed by atoms with van der Waals surface area (Å²) in [6.07, 6.45) is 1.77. The minimum Gasteiger partial charge on any atom is -0.381 e. The Morgan fingerprint density at radius 2 is 2.21 bits per heavy atom. The molecule has 5 heteroatoms. The predicted octanol–water partition coefficient (Wildman–Crippen LogP) is 2.14. The molecule has 108 valence electrons. The highest BCUT2D eigenvalue weighted by Gasteiger charge is 2.28. The third-order valence-electron chi connectivity index (χ3n) is 3.65. The first-order valence-corrected chi connectivity index (χ1v) is 7.14. The molecule has 1 saturated heterocycles. The highest BCUT2D eigenvalue weighted by Crippen LogP contribution is 2.25. The van der Waals surface area contributed by atoms with Gasteiger partial charge in [-0.2, -0.15) is 4.98 Å². The smallest absolute Gasteiger partial charge is 0.228 e. The number of nitrogens with zero attached hydrogens (tertiary/aromatic N) is 2. The molecule has 2 unspecified atom stereocenters. The zero-order valence-corrected chi connectivity index (χ0v) is 12.4. The maximum Gasteiger partial charge on any atom is 0.228 e. The molecular weight excluding hydrogens is 242 g/mol. The van der Waals surface area contributed by atoms with Crippen LogP contribution in [0.3, 0.4) is 0 Å². The molecule has 0 saturated carbocycles. The molecule has 1 N–H and O–H groups in total. The molecular formula is C14H25N3O2. The molecule has 5 nitrogen and oxygen atoms in total. The van der Waals surface area contributed by atoms with E-state index < -0.39 is 0 Å². The minimum absolute atomic E-state index is 0.168. The quantitative estimate of drug-likeness (QED) is 0.885. The van der Waals surface area contributed by atoms with Crippen LogP contribution in [0.1, 0.15) is 51.7 Å². The van der Waals surface area contributed by atoms with Crippen LogP contribution in [0.15, 0.2) is 4.52 Å². The number of likely N-dealkylation sites (N-methyl/N-ethyl adjacent to an activating group) is 1. The topological polar surface area (TPSA) is 60.2 Å². The second-order valence-corrected chi connectivity index (χ2v) is 6.29. The molecule has 1 aliphatic heterocycles. The standard InChI is InChI=1S/C14H25N3O2/c1-5-15-11(14(2,3)4)8-12-16-13(17-19-12)10-6-7-18-9-10/h10-11,15H,5-9H2,1-4H3. The van der Waals surface area contributed by atoms with Gasteiger partial charge in [0.1, 0.15) is 0 Å². The van der Waals surface area contributed by atoms with Crippen molar-refractivity contribution in [2.24, 2.45) is 5.41 Å². The van der Waals surface area contributed by atoms with Crippen LogP contribution in [0.4, 0.5) is 0 Å². The van der Waals surface area contributed by atoms with Gasteiger partial charge in [-0.05, 0) is 18.4 Å². The molecule has 2 atom stereocenters. The van der Waals surface area contributed by atoms with Crippen molar-refractivity contribution < 1.29 is 9.26 Å². The van der Waals surface area contributed by atoms with Gasteiger partial charge in [-0.25, -0.2) is 0 Å². The molecule has 1 fully saturated rings. The number of rotatable bonds is 5. The molecule has 0 aromatic carbocycles. The fourth-order valence-corrected chi connectivity index (χ4v) is 2.36. The number of hydrogen-bond donors (Lipinski definition) is 1. The Balaban J connectivity index is 2.01. The lowest BCUT2D eigenvalue weighted by Gasteiger charge is -2.30. The molecule has 1 aromatic rings. The first-order chi connectivity index (χ1) is 9.00. The van der Waals surface area contributed by atoms with E-state index in [-0.39, 0.29) is 5.41 Å². The van der Waals surface area contributed by atoms with Gasteiger partial charge >= 0.3 is 0 Å². The average Bonchev–Trinajstić information content (AvgIpc) is 2.97. The van der Waals surface area contributed by atoms with E-state index in [4.69, 9.17) is 9.26 Å². The van der Waals surface area contributed by atoms with Gasteiger partial charge in [0.15, 0.2) is 5.82 Å². The molecule has 2 rings (SSSR count). The van der Waals surface area contributed by atoms with E-state index in [0.29, 0.717) is 12.0 Å². The maximum absolute atomic E-state index is 5.39. The number of nitrogens with one attached hydrogen (secondary N) is 1. The normalized spacial score (nSPS) is 21.8. The summed E-state index contributed by atoms with van der Waals surface area (Å²) < 4.78 is 10.8. The van der Waals surface area contributed by atoms with Crippen LogP contribution in [0.2, 0.25) is 0 Å². The first kappa shape index (κ1) is 14.5. The van der Waals surface area contributed by atoms with Crippen molar-refractivity contribution in [2.75, 3.05) is 19.8 Å². The van der Waals surface area contributed by atoms with Crippen molar-refractivity contribution in [3.63, 3.8) is 0 Å². The second kappa shape index (κ2) is 6.01. The third kappa shape index (κ3) is 3.76. The van der Waals surface area contributed by atoms with Gasteiger partial charge in [-0.3, -0.25) is 0 Å². The number of hydrogen-bond acceptors (Lipinski definition) is 5. The lowest BCUT2D eigenvalue weighted by molar-refractivity contribution is 0.192. The van der Waals surface area contributed by atoms with Crippen LogP contribution in [0, 0.1) is 5.41 Å². The summed E-state index contributed by atoms with van der Waals surface area (Å²) in [5.74, 6) is 1.84. The summed E-state index contributed by atoms with van der Waals surface area (Å²) in [7, 11) is 0. The second-order valence-electron chi connectivity index (χ2n) is 6.29. The lowest BCUT2D eigenvalue weighted by Crippen LogP contribution is -2.41. The van der Waals surface area contributed by atoms with E-state index in [9.17, 15) is 0 Å². The Morgan fingerprint density at radius 3 is 2.79 bits per heavy atom. The molecule has 19 heavy (non-hydrogen) atoms. The van der Waals surface area contributed by atoms with Gasteiger partial charge in [-0.15, -0.1) is 0 Å². The molecule has 0 spiro atoms. The fourth-order valence-electron chi connectivity index (χ4n) is 2.36. The van der Waals surface area contributed by atoms with E-state index in [0.717, 1.165) is 44.3 Å². The monoisotopic (exact) mass is 267 g/mol. The van der Waals surface area contributed by atoms with Crippen molar-refractivity contribution in [2.45, 2.75) is 52.5 Å². The van der Waals surface area contributed by atoms with Crippen LogP contribution in [0.25, 0.3) is 0 Å². The summed E-state index contributed by atoms with van der Waals surface area (Å²) in [5, 5.41) is 7.60. The Kier molecular flexibility index (Phi) is 4.58. The van der Waals surface area contributed by atoms with E-state index in [2.05, 4.69) is 43.2 Å². The van der Waals surface area contributed by atoms with Gasteiger partial charge < -0.3 is 14.6 Å². The first-order valence-electron chi connectivity index (χ1n) is 7.14. The molecule has 0 aliphatic carbocycles. The predicted molar refractivity (Wildman–Crippen MR) is 73.1 cm³/mol. The molecule has 2 heterocycles. The SMILES string of the molecule is CCNC(Cc1nc(C2CCOC2)no1)C(C)(C)C. The number of ether oxygens (including phenoxy) is 1. The summed E-state index contributed by atoms with van der Waals surface area (Å²) in [6.45, 7) is 11.3. The molecule has 0 amide bonds. The Hall–Kier alpha value is -0.940. The van der Waals surface area contributed by atoms with E-state index in [1.165, 1.54) is 0 Å². The third-order valence-corrected chi connectivity index (χ3v) is 3.65. The molecule has 0 radical (unpaired) electrons. The summed E-state index contributed by atoms with van der Waals surface area (Å²) in [4.78, 5) is 4.53. The van der Waals surface area contributed by atoms with Crippen LogP contribution in [0.5, 0.6) is 0 Å². The Bertz CT molecular complexity index is 392. The largest absolute Gasteiger partial charge is 0.381 e. The number of aromatic nitrogens is 2. The van der Waals surface area contributed by atoms with E-state index in [1.807, 2.05) is 0 Å². The summed E-state index contributed by atoms with van der Waals surface area (Å²) in [6, 6.07) is 0.339. The van der Waals surface area contributed by atoms with Gasteiger partial charge in [0.2, 0.25) is 5.89 Å². The van der Waals surface area contributed by atoms with Crippen LogP contribution in [-0.4, -0.2) is 35.9 Å². The van der Waals surface area contributed by atoms with Crippen molar-refractivity contribution in [1.82, 2.24) is 15.5 Å². The van der Waals surface area contributed by atoms with Gasteiger partial charge in [0.05, 0.1) is 6.61 Å². The van der Waals surface area contributed by atoms with Crippen LogP contribution >= 0.6 is 0 Å². The van der Waals surface area contributed by atoms with Crippen molar-refractivity contribution in [1.29, 1.82) is 0 Å². The molecule has 1 aliphatic rings. The highest BCUT2D eigenvalue weighted by atomic mass is 16.5. The van der Waals surface area contributed by atoms with Crippen LogP contribution < -0.4 is 5.32 Å². The Labute approximate surface area is 115 Å². The zero-order chi connectivity index (χ0) is 13.9. The molecule has 0 bridgehead atoms. The van der Waals surface area contributed by atoms with E-state index in [1.54, 1.807) is 0 Å². The highest BCUT2D eigenvalue weighted by molar-refractivity contribution is 4.99. The van der Waals surface area contributed by atoms with Crippen LogP contribution in [-0.2, 0) is 11.2 Å². The maximum atomic E-state index is 5.39. The Morgan fingerprint density at radius 1 is 1.42 bits per heavy atom. The summed E-state index contributed by atoms with van der Waals surface area (Å²) in [5.41, 5.74) is 0.168.